The number of aromatic carboxylic acids is 2. The third-order valence-electron chi connectivity index (χ3n) is 3.87. The molecule has 0 aromatic heterocycles. The standard InChI is InChI=1S/C19H16O6/c1-2-15(16(20)11-3-7-13(8-4-11)18(22)23)17(21)12-5-9-14(10-6-12)19(24)25/h3-10,15H,2H2,1H3,(H,22,23)(H,24,25). The minimum atomic E-state index is -1.10. The zero-order chi connectivity index (χ0) is 18.6. The number of Topliss-reactive ketones (excluding diaryl/α,β-unsaturated/α-hetero) is 2. The maximum atomic E-state index is 12.6. The zero-order valence-electron chi connectivity index (χ0n) is 13.4. The Hall–Kier alpha value is -3.28. The minimum absolute atomic E-state index is 0.0557. The smallest absolute Gasteiger partial charge is 0.335 e. The van der Waals surface area contributed by atoms with Crippen LogP contribution in [-0.4, -0.2) is 33.7 Å². The first-order valence-electron chi connectivity index (χ1n) is 7.60. The van der Waals surface area contributed by atoms with E-state index in [1.165, 1.54) is 48.5 Å². The molecule has 0 spiro atoms. The van der Waals surface area contributed by atoms with E-state index in [0.29, 0.717) is 0 Å². The van der Waals surface area contributed by atoms with Crippen LogP contribution in [0.3, 0.4) is 0 Å². The van der Waals surface area contributed by atoms with Gasteiger partial charge in [0.05, 0.1) is 17.0 Å². The number of rotatable bonds is 7. The van der Waals surface area contributed by atoms with Crippen molar-refractivity contribution in [1.29, 1.82) is 0 Å². The van der Waals surface area contributed by atoms with E-state index in [0.717, 1.165) is 0 Å². The van der Waals surface area contributed by atoms with Crippen molar-refractivity contribution < 1.29 is 29.4 Å². The number of hydrogen-bond acceptors (Lipinski definition) is 4. The summed E-state index contributed by atoms with van der Waals surface area (Å²) < 4.78 is 0. The molecule has 0 aliphatic rings. The van der Waals surface area contributed by atoms with E-state index in [2.05, 4.69) is 0 Å². The molecule has 0 aliphatic carbocycles. The molecule has 128 valence electrons. The van der Waals surface area contributed by atoms with Crippen LogP contribution in [0.2, 0.25) is 0 Å². The number of carboxylic acids is 2. The van der Waals surface area contributed by atoms with Gasteiger partial charge in [-0.15, -0.1) is 0 Å². The molecule has 2 aromatic rings. The molecule has 2 N–H and O–H groups in total. The Balaban J connectivity index is 2.25. The van der Waals surface area contributed by atoms with Crippen LogP contribution >= 0.6 is 0 Å². The van der Waals surface area contributed by atoms with Crippen molar-refractivity contribution in [1.82, 2.24) is 0 Å². The molecule has 0 amide bonds. The maximum Gasteiger partial charge on any atom is 0.335 e. The number of hydrogen-bond donors (Lipinski definition) is 2. The van der Waals surface area contributed by atoms with Gasteiger partial charge in [-0.2, -0.15) is 0 Å². The van der Waals surface area contributed by atoms with Gasteiger partial charge in [0.1, 0.15) is 0 Å². The van der Waals surface area contributed by atoms with Crippen LogP contribution in [0.25, 0.3) is 0 Å². The van der Waals surface area contributed by atoms with Crippen molar-refractivity contribution in [3.8, 4) is 0 Å². The lowest BCUT2D eigenvalue weighted by molar-refractivity contribution is 0.0686. The highest BCUT2D eigenvalue weighted by Gasteiger charge is 2.27. The van der Waals surface area contributed by atoms with Crippen LogP contribution in [0.1, 0.15) is 54.8 Å². The first-order chi connectivity index (χ1) is 11.8. The number of benzene rings is 2. The van der Waals surface area contributed by atoms with Gasteiger partial charge in [-0.3, -0.25) is 9.59 Å². The van der Waals surface area contributed by atoms with Crippen molar-refractivity contribution in [3.63, 3.8) is 0 Å². The van der Waals surface area contributed by atoms with Crippen molar-refractivity contribution >= 4 is 23.5 Å². The predicted molar refractivity (Wildman–Crippen MR) is 89.2 cm³/mol. The van der Waals surface area contributed by atoms with Crippen molar-refractivity contribution in [3.05, 3.63) is 70.8 Å². The van der Waals surface area contributed by atoms with E-state index in [1.807, 2.05) is 0 Å². The Kier molecular flexibility index (Phi) is 5.44. The average molecular weight is 340 g/mol. The van der Waals surface area contributed by atoms with E-state index >= 15 is 0 Å². The summed E-state index contributed by atoms with van der Waals surface area (Å²) >= 11 is 0. The molecule has 2 rings (SSSR count). The normalized spacial score (nSPS) is 10.5. The number of ketones is 2. The summed E-state index contributed by atoms with van der Waals surface area (Å²) in [6, 6.07) is 10.8. The van der Waals surface area contributed by atoms with Crippen molar-refractivity contribution in [2.45, 2.75) is 13.3 Å². The van der Waals surface area contributed by atoms with E-state index in [-0.39, 0.29) is 28.7 Å². The largest absolute Gasteiger partial charge is 0.478 e. The van der Waals surface area contributed by atoms with Gasteiger partial charge in [0.25, 0.3) is 0 Å². The van der Waals surface area contributed by atoms with E-state index < -0.39 is 29.4 Å². The number of carbonyl (C=O) groups is 4. The molecule has 6 nitrogen and oxygen atoms in total. The molecule has 0 saturated carbocycles. The highest BCUT2D eigenvalue weighted by Crippen LogP contribution is 2.19. The molecule has 0 atom stereocenters. The minimum Gasteiger partial charge on any atom is -0.478 e. The molecular weight excluding hydrogens is 324 g/mol. The van der Waals surface area contributed by atoms with Crippen LogP contribution in [0.15, 0.2) is 48.5 Å². The van der Waals surface area contributed by atoms with E-state index in [9.17, 15) is 19.2 Å². The molecule has 0 fully saturated rings. The average Bonchev–Trinajstić information content (AvgIpc) is 2.62. The molecule has 0 aliphatic heterocycles. The van der Waals surface area contributed by atoms with Gasteiger partial charge in [-0.1, -0.05) is 31.2 Å². The first kappa shape index (κ1) is 18.1. The molecule has 0 radical (unpaired) electrons. The van der Waals surface area contributed by atoms with Crippen LogP contribution in [-0.2, 0) is 0 Å². The molecule has 0 saturated heterocycles. The highest BCUT2D eigenvalue weighted by molar-refractivity contribution is 6.16. The Morgan fingerprint density at radius 3 is 1.20 bits per heavy atom. The second-order valence-corrected chi connectivity index (χ2v) is 5.45. The molecule has 0 heterocycles. The first-order valence-corrected chi connectivity index (χ1v) is 7.60. The number of carbonyl (C=O) groups excluding carboxylic acids is 2. The fourth-order valence-electron chi connectivity index (χ4n) is 2.45. The molecule has 0 unspecified atom stereocenters. The lowest BCUT2D eigenvalue weighted by atomic mass is 9.87. The van der Waals surface area contributed by atoms with Crippen LogP contribution in [0.5, 0.6) is 0 Å². The Morgan fingerprint density at radius 1 is 0.680 bits per heavy atom. The fourth-order valence-corrected chi connectivity index (χ4v) is 2.45. The van der Waals surface area contributed by atoms with Gasteiger partial charge < -0.3 is 10.2 Å². The van der Waals surface area contributed by atoms with Crippen LogP contribution in [0.4, 0.5) is 0 Å². The van der Waals surface area contributed by atoms with Crippen molar-refractivity contribution in [2.75, 3.05) is 0 Å². The quantitative estimate of drug-likeness (QED) is 0.592. The third-order valence-corrected chi connectivity index (χ3v) is 3.87. The second kappa shape index (κ2) is 7.53. The van der Waals surface area contributed by atoms with Gasteiger partial charge in [0.2, 0.25) is 0 Å². The van der Waals surface area contributed by atoms with Gasteiger partial charge in [0, 0.05) is 11.1 Å². The Bertz CT molecular complexity index is 748. The van der Waals surface area contributed by atoms with E-state index in [1.54, 1.807) is 6.92 Å². The summed E-state index contributed by atoms with van der Waals surface area (Å²) in [7, 11) is 0. The topological polar surface area (TPSA) is 109 Å². The molecule has 2 aromatic carbocycles. The van der Waals surface area contributed by atoms with Crippen LogP contribution < -0.4 is 0 Å². The van der Waals surface area contributed by atoms with Crippen molar-refractivity contribution in [2.24, 2.45) is 5.92 Å². The summed E-state index contributed by atoms with van der Waals surface area (Å²) in [5, 5.41) is 17.8. The Labute approximate surface area is 143 Å². The lowest BCUT2D eigenvalue weighted by Gasteiger charge is -2.13. The number of carboxylic acid groups (broad SMARTS) is 2. The predicted octanol–water partition coefficient (Wildman–Crippen LogP) is 3.17. The van der Waals surface area contributed by atoms with Gasteiger partial charge in [-0.25, -0.2) is 9.59 Å². The molecule has 25 heavy (non-hydrogen) atoms. The lowest BCUT2D eigenvalue weighted by Crippen LogP contribution is -2.24. The summed E-state index contributed by atoms with van der Waals surface area (Å²) in [6.45, 7) is 1.71. The van der Waals surface area contributed by atoms with Crippen LogP contribution in [0, 0.1) is 5.92 Å². The monoisotopic (exact) mass is 340 g/mol. The summed E-state index contributed by atoms with van der Waals surface area (Å²) in [6.07, 6.45) is 0.277. The molecule has 6 heteroatoms. The molecule has 0 bridgehead atoms. The third kappa shape index (κ3) is 3.98. The second-order valence-electron chi connectivity index (χ2n) is 5.45. The SMILES string of the molecule is CCC(C(=O)c1ccc(C(=O)O)cc1)C(=O)c1ccc(C(=O)O)cc1. The fraction of sp³-hybridized carbons (Fsp3) is 0.158. The highest BCUT2D eigenvalue weighted by atomic mass is 16.4. The molecular formula is C19H16O6. The summed E-state index contributed by atoms with van der Waals surface area (Å²) in [5.41, 5.74) is 0.625. The summed E-state index contributed by atoms with van der Waals surface area (Å²) in [4.78, 5) is 46.9. The van der Waals surface area contributed by atoms with E-state index in [4.69, 9.17) is 10.2 Å². The van der Waals surface area contributed by atoms with Gasteiger partial charge in [-0.05, 0) is 30.7 Å². The van der Waals surface area contributed by atoms with Gasteiger partial charge >= 0.3 is 11.9 Å². The maximum absolute atomic E-state index is 12.6. The summed E-state index contributed by atoms with van der Waals surface area (Å²) in [5.74, 6) is -3.90. The van der Waals surface area contributed by atoms with Gasteiger partial charge in [0.15, 0.2) is 11.6 Å². The Morgan fingerprint density at radius 2 is 0.960 bits per heavy atom. The zero-order valence-corrected chi connectivity index (χ0v) is 13.4.